The van der Waals surface area contributed by atoms with Crippen molar-refractivity contribution in [2.24, 2.45) is 5.92 Å². The van der Waals surface area contributed by atoms with Gasteiger partial charge < -0.3 is 9.84 Å². The van der Waals surface area contributed by atoms with Gasteiger partial charge >= 0.3 is 5.97 Å². The second-order valence-corrected chi connectivity index (χ2v) is 11.1. The maximum atomic E-state index is 12.8. The van der Waals surface area contributed by atoms with Crippen molar-refractivity contribution in [2.75, 3.05) is 26.2 Å². The molecule has 206 valence electrons. The third-order valence-corrected chi connectivity index (χ3v) is 7.51. The summed E-state index contributed by atoms with van der Waals surface area (Å²) in [7, 11) is 0. The van der Waals surface area contributed by atoms with Gasteiger partial charge in [0.05, 0.1) is 6.54 Å². The van der Waals surface area contributed by atoms with E-state index in [1.807, 2.05) is 66.7 Å². The molecule has 0 amide bonds. The number of piperazine rings is 1. The normalized spacial score (nSPS) is 26.0. The molecule has 2 aromatic carbocycles. The fourth-order valence-corrected chi connectivity index (χ4v) is 5.63. The summed E-state index contributed by atoms with van der Waals surface area (Å²) < 4.78 is 5.68. The molecular formula is C32H50N2O3. The van der Waals surface area contributed by atoms with Gasteiger partial charge in [-0.3, -0.25) is 14.6 Å². The molecule has 1 N–H and O–H groups in total. The summed E-state index contributed by atoms with van der Waals surface area (Å²) in [5.41, 5.74) is 1.92. The van der Waals surface area contributed by atoms with Gasteiger partial charge in [-0.25, -0.2) is 0 Å². The molecule has 2 fully saturated rings. The molecule has 2 aromatic rings. The number of benzene rings is 2. The maximum absolute atomic E-state index is 12.8. The topological polar surface area (TPSA) is 53.0 Å². The van der Waals surface area contributed by atoms with E-state index >= 15 is 0 Å². The number of hydrogen-bond donors (Lipinski definition) is 1. The number of esters is 1. The molecule has 0 aromatic heterocycles. The number of fused-ring (bicyclic) bond motifs is 1. The van der Waals surface area contributed by atoms with E-state index in [-0.39, 0.29) is 17.4 Å². The molecule has 5 heteroatoms. The van der Waals surface area contributed by atoms with E-state index in [0.29, 0.717) is 24.3 Å². The first-order chi connectivity index (χ1) is 17.5. The highest BCUT2D eigenvalue weighted by atomic mass is 16.6. The molecular weight excluding hydrogens is 460 g/mol. The standard InChI is InChI=1S/C28H38N2O3.2C2H6/c1-20-16-29-18-25(21-10-7-6-8-11-21)30(19-26(32)33-27(2,3)4)17-23(29)15-28(20,5)22-12-9-13-24(31)14-22;2*1-2/h6-14,20,23,25,31H,15-19H2,1-5H3;2*1-2H3/t20?,23?,25-,28?;;/m1../s1. The highest BCUT2D eigenvalue weighted by molar-refractivity contribution is 5.72. The Morgan fingerprint density at radius 1 is 1.00 bits per heavy atom. The Kier molecular flexibility index (Phi) is 11.2. The van der Waals surface area contributed by atoms with Crippen molar-refractivity contribution in [3.05, 3.63) is 65.7 Å². The zero-order valence-electron chi connectivity index (χ0n) is 24.6. The Bertz CT molecular complexity index is 971. The van der Waals surface area contributed by atoms with Crippen LogP contribution in [0.25, 0.3) is 0 Å². The van der Waals surface area contributed by atoms with Crippen LogP contribution in [0.1, 0.15) is 85.9 Å². The van der Waals surface area contributed by atoms with Crippen molar-refractivity contribution >= 4 is 5.97 Å². The highest BCUT2D eigenvalue weighted by Gasteiger charge is 2.47. The Morgan fingerprint density at radius 3 is 2.24 bits per heavy atom. The first-order valence-corrected chi connectivity index (χ1v) is 14.1. The average Bonchev–Trinajstić information content (AvgIpc) is 2.86. The molecule has 5 nitrogen and oxygen atoms in total. The van der Waals surface area contributed by atoms with E-state index in [9.17, 15) is 9.90 Å². The van der Waals surface area contributed by atoms with Gasteiger partial charge in [-0.05, 0) is 61.8 Å². The number of carbonyl (C=O) groups excluding carboxylic acids is 1. The summed E-state index contributed by atoms with van der Waals surface area (Å²) in [6, 6.07) is 18.8. The summed E-state index contributed by atoms with van der Waals surface area (Å²) >= 11 is 0. The molecule has 4 atom stereocenters. The van der Waals surface area contributed by atoms with Crippen molar-refractivity contribution in [1.29, 1.82) is 0 Å². The lowest BCUT2D eigenvalue weighted by Gasteiger charge is -2.55. The lowest BCUT2D eigenvalue weighted by atomic mass is 9.65. The van der Waals surface area contributed by atoms with Gasteiger partial charge in [-0.2, -0.15) is 0 Å². The fourth-order valence-electron chi connectivity index (χ4n) is 5.63. The second kappa shape index (κ2) is 13.4. The number of rotatable bonds is 4. The summed E-state index contributed by atoms with van der Waals surface area (Å²) in [6.07, 6.45) is 0.990. The molecule has 0 spiro atoms. The number of hydrogen-bond acceptors (Lipinski definition) is 5. The van der Waals surface area contributed by atoms with Gasteiger partial charge in [0.25, 0.3) is 0 Å². The van der Waals surface area contributed by atoms with Gasteiger partial charge in [-0.1, -0.05) is 84.0 Å². The lowest BCUT2D eigenvalue weighted by molar-refractivity contribution is -0.158. The van der Waals surface area contributed by atoms with Crippen molar-refractivity contribution in [2.45, 2.75) is 91.8 Å². The molecule has 2 aliphatic heterocycles. The summed E-state index contributed by atoms with van der Waals surface area (Å²) in [6.45, 7) is 21.4. The first kappa shape index (κ1) is 30.9. The predicted molar refractivity (Wildman–Crippen MR) is 154 cm³/mol. The minimum atomic E-state index is -0.491. The number of ether oxygens (including phenoxy) is 1. The lowest BCUT2D eigenvalue weighted by Crippen LogP contribution is -2.62. The minimum Gasteiger partial charge on any atom is -0.508 e. The summed E-state index contributed by atoms with van der Waals surface area (Å²) in [5, 5.41) is 10.1. The van der Waals surface area contributed by atoms with Crippen molar-refractivity contribution in [1.82, 2.24) is 9.80 Å². The fraction of sp³-hybridized carbons (Fsp3) is 0.594. The minimum absolute atomic E-state index is 0.0307. The van der Waals surface area contributed by atoms with Gasteiger partial charge in [0.15, 0.2) is 0 Å². The van der Waals surface area contributed by atoms with Crippen LogP contribution in [0, 0.1) is 5.92 Å². The smallest absolute Gasteiger partial charge is 0.320 e. The van der Waals surface area contributed by atoms with E-state index in [4.69, 9.17) is 4.74 Å². The molecule has 37 heavy (non-hydrogen) atoms. The van der Waals surface area contributed by atoms with Gasteiger partial charge in [-0.15, -0.1) is 0 Å². The van der Waals surface area contributed by atoms with Crippen LogP contribution in [0.3, 0.4) is 0 Å². The van der Waals surface area contributed by atoms with Crippen molar-refractivity contribution in [3.8, 4) is 5.75 Å². The number of phenols is 1. The number of nitrogens with zero attached hydrogens (tertiary/aromatic N) is 2. The van der Waals surface area contributed by atoms with E-state index in [1.54, 1.807) is 6.07 Å². The van der Waals surface area contributed by atoms with Crippen LogP contribution in [0.15, 0.2) is 54.6 Å². The molecule has 2 aliphatic rings. The highest BCUT2D eigenvalue weighted by Crippen LogP contribution is 2.45. The number of aromatic hydroxyl groups is 1. The van der Waals surface area contributed by atoms with Gasteiger partial charge in [0.1, 0.15) is 11.4 Å². The predicted octanol–water partition coefficient (Wildman–Crippen LogP) is 6.81. The molecule has 3 unspecified atom stereocenters. The van der Waals surface area contributed by atoms with Crippen LogP contribution >= 0.6 is 0 Å². The summed E-state index contributed by atoms with van der Waals surface area (Å²) in [5.74, 6) is 0.601. The molecule has 0 bridgehead atoms. The van der Waals surface area contributed by atoms with Crippen LogP contribution in [-0.2, 0) is 14.9 Å². The molecule has 2 saturated heterocycles. The first-order valence-electron chi connectivity index (χ1n) is 14.1. The molecule has 2 heterocycles. The van der Waals surface area contributed by atoms with Crippen LogP contribution in [-0.4, -0.2) is 58.7 Å². The Morgan fingerprint density at radius 2 is 1.65 bits per heavy atom. The third kappa shape index (κ3) is 7.81. The van der Waals surface area contributed by atoms with Crippen LogP contribution in [0.2, 0.25) is 0 Å². The van der Waals surface area contributed by atoms with E-state index in [0.717, 1.165) is 26.1 Å². The largest absolute Gasteiger partial charge is 0.508 e. The Labute approximate surface area is 225 Å². The van der Waals surface area contributed by atoms with Gasteiger partial charge in [0.2, 0.25) is 0 Å². The Hall–Kier alpha value is -2.37. The zero-order valence-corrected chi connectivity index (χ0v) is 24.6. The Balaban J connectivity index is 0.00000115. The van der Waals surface area contributed by atoms with Crippen molar-refractivity contribution < 1.29 is 14.6 Å². The molecule has 4 rings (SSSR count). The monoisotopic (exact) mass is 510 g/mol. The van der Waals surface area contributed by atoms with Crippen LogP contribution in [0.5, 0.6) is 5.75 Å². The second-order valence-electron chi connectivity index (χ2n) is 11.1. The van der Waals surface area contributed by atoms with E-state index < -0.39 is 5.60 Å². The SMILES string of the molecule is CC.CC.CC1CN2C[C@H](c3ccccc3)N(CC(=O)OC(C)(C)C)CC2CC1(C)c1cccc(O)c1. The molecule has 0 radical (unpaired) electrons. The average molecular weight is 511 g/mol. The van der Waals surface area contributed by atoms with E-state index in [2.05, 4.69) is 54.0 Å². The van der Waals surface area contributed by atoms with Crippen LogP contribution < -0.4 is 0 Å². The number of phenolic OH excluding ortho intramolecular Hbond substituents is 1. The van der Waals surface area contributed by atoms with Gasteiger partial charge in [0, 0.05) is 31.7 Å². The third-order valence-electron chi connectivity index (χ3n) is 7.51. The maximum Gasteiger partial charge on any atom is 0.320 e. The molecule has 0 saturated carbocycles. The summed E-state index contributed by atoms with van der Waals surface area (Å²) in [4.78, 5) is 17.7. The number of carbonyl (C=O) groups is 1. The van der Waals surface area contributed by atoms with E-state index in [1.165, 1.54) is 11.1 Å². The van der Waals surface area contributed by atoms with Crippen molar-refractivity contribution in [3.63, 3.8) is 0 Å². The molecule has 0 aliphatic carbocycles. The quantitative estimate of drug-likeness (QED) is 0.458. The van der Waals surface area contributed by atoms with Crippen LogP contribution in [0.4, 0.5) is 0 Å². The number of piperidine rings is 1. The zero-order chi connectivity index (χ0) is 27.8.